The third-order valence-corrected chi connectivity index (χ3v) is 2.41. The Balaban J connectivity index is 4.39. The number of aliphatic carboxylic acids is 2. The number of hydrogen-bond acceptors (Lipinski definition) is 4. The Morgan fingerprint density at radius 3 is 2.14 bits per heavy atom. The van der Waals surface area contributed by atoms with Gasteiger partial charge in [-0.15, -0.1) is 0 Å². The molecule has 4 N–H and O–H groups in total. The Morgan fingerprint density at radius 1 is 1.14 bits per heavy atom. The summed E-state index contributed by atoms with van der Waals surface area (Å²) in [7, 11) is 1.31. The molecule has 0 aromatic carbocycles. The minimum absolute atomic E-state index is 0.252. The van der Waals surface area contributed by atoms with E-state index >= 15 is 0 Å². The normalized spacial score (nSPS) is 11.6. The molecule has 0 aliphatic heterocycles. The van der Waals surface area contributed by atoms with E-state index < -0.39 is 30.4 Å². The molecule has 0 heterocycles. The van der Waals surface area contributed by atoms with Crippen LogP contribution in [-0.2, 0) is 14.4 Å². The van der Waals surface area contributed by atoms with Crippen LogP contribution in [0.1, 0.15) is 20.3 Å². The summed E-state index contributed by atoms with van der Waals surface area (Å²) in [5, 5.41) is 22.0. The third kappa shape index (κ3) is 8.45. The van der Waals surface area contributed by atoms with Crippen LogP contribution >= 0.6 is 0 Å². The molecule has 0 aromatic heterocycles. The minimum atomic E-state index is -1.55. The largest absolute Gasteiger partial charge is 0.481 e. The van der Waals surface area contributed by atoms with E-state index in [-0.39, 0.29) is 18.4 Å². The number of urea groups is 1. The van der Waals surface area contributed by atoms with Crippen molar-refractivity contribution in [3.05, 3.63) is 0 Å². The first kappa shape index (κ1) is 18.7. The van der Waals surface area contributed by atoms with Gasteiger partial charge in [-0.1, -0.05) is 13.8 Å². The number of carboxylic acid groups (broad SMARTS) is 2. The summed E-state index contributed by atoms with van der Waals surface area (Å²) in [4.78, 5) is 45.5. The fourth-order valence-corrected chi connectivity index (χ4v) is 1.30. The molecular formula is C12H21N3O6. The van der Waals surface area contributed by atoms with Crippen molar-refractivity contribution in [2.24, 2.45) is 5.92 Å². The van der Waals surface area contributed by atoms with E-state index in [0.717, 1.165) is 4.90 Å². The number of nitrogens with one attached hydrogen (secondary N) is 2. The molecule has 21 heavy (non-hydrogen) atoms. The Labute approximate surface area is 122 Å². The van der Waals surface area contributed by atoms with Gasteiger partial charge >= 0.3 is 18.0 Å². The quantitative estimate of drug-likeness (QED) is 0.469. The van der Waals surface area contributed by atoms with Gasteiger partial charge in [-0.2, -0.15) is 0 Å². The van der Waals surface area contributed by atoms with Crippen molar-refractivity contribution in [3.8, 4) is 0 Å². The van der Waals surface area contributed by atoms with Gasteiger partial charge in [0.1, 0.15) is 12.6 Å². The predicted octanol–water partition coefficient (Wildman–Crippen LogP) is -0.672. The average molecular weight is 303 g/mol. The number of hydrogen-bond donors (Lipinski definition) is 4. The van der Waals surface area contributed by atoms with Gasteiger partial charge in [0.15, 0.2) is 0 Å². The van der Waals surface area contributed by atoms with Crippen LogP contribution in [0.25, 0.3) is 0 Å². The Hall–Kier alpha value is -2.32. The highest BCUT2D eigenvalue weighted by Crippen LogP contribution is 1.95. The van der Waals surface area contributed by atoms with Gasteiger partial charge in [0.2, 0.25) is 5.91 Å². The van der Waals surface area contributed by atoms with Crippen molar-refractivity contribution < 1.29 is 29.4 Å². The molecule has 0 saturated carbocycles. The van der Waals surface area contributed by atoms with Crippen molar-refractivity contribution in [2.75, 3.05) is 20.1 Å². The summed E-state index contributed by atoms with van der Waals surface area (Å²) in [5.41, 5.74) is 0. The summed E-state index contributed by atoms with van der Waals surface area (Å²) in [6.45, 7) is 4.04. The van der Waals surface area contributed by atoms with E-state index in [1.807, 2.05) is 19.2 Å². The fraction of sp³-hybridized carbons (Fsp3) is 0.667. The summed E-state index contributed by atoms with van der Waals surface area (Å²) in [6, 6.07) is -2.38. The second-order valence-electron chi connectivity index (χ2n) is 4.99. The Bertz CT molecular complexity index is 410. The molecule has 0 rings (SSSR count). The molecule has 0 spiro atoms. The van der Waals surface area contributed by atoms with Crippen LogP contribution in [0.3, 0.4) is 0 Å². The van der Waals surface area contributed by atoms with Gasteiger partial charge in [0.25, 0.3) is 0 Å². The second-order valence-corrected chi connectivity index (χ2v) is 4.99. The van der Waals surface area contributed by atoms with E-state index in [1.54, 1.807) is 0 Å². The first-order valence-corrected chi connectivity index (χ1v) is 6.36. The van der Waals surface area contributed by atoms with Crippen LogP contribution in [0.15, 0.2) is 0 Å². The molecule has 1 atom stereocenters. The highest BCUT2D eigenvalue weighted by atomic mass is 16.4. The van der Waals surface area contributed by atoms with Gasteiger partial charge in [-0.05, 0) is 5.92 Å². The smallest absolute Gasteiger partial charge is 0.326 e. The van der Waals surface area contributed by atoms with Crippen LogP contribution in [0.2, 0.25) is 0 Å². The van der Waals surface area contributed by atoms with Crippen molar-refractivity contribution in [3.63, 3.8) is 0 Å². The minimum Gasteiger partial charge on any atom is -0.481 e. The first-order valence-electron chi connectivity index (χ1n) is 6.36. The lowest BCUT2D eigenvalue weighted by Crippen LogP contribution is -2.49. The van der Waals surface area contributed by atoms with E-state index in [2.05, 4.69) is 5.32 Å². The first-order chi connectivity index (χ1) is 9.63. The molecule has 0 aliphatic rings. The number of rotatable bonds is 8. The maximum absolute atomic E-state index is 11.7. The monoisotopic (exact) mass is 303 g/mol. The molecule has 9 heteroatoms. The lowest BCUT2D eigenvalue weighted by Gasteiger charge is -2.20. The summed E-state index contributed by atoms with van der Waals surface area (Å²) < 4.78 is 0. The van der Waals surface area contributed by atoms with E-state index in [0.29, 0.717) is 6.54 Å². The molecule has 0 radical (unpaired) electrons. The molecule has 0 saturated heterocycles. The molecular weight excluding hydrogens is 282 g/mol. The lowest BCUT2D eigenvalue weighted by atomic mass is 10.2. The molecule has 9 nitrogen and oxygen atoms in total. The molecule has 0 fully saturated rings. The SMILES string of the molecule is CC(C)CNC(=O)CN(C)C(=O)N[C@@H](CC(=O)O)C(=O)O. The number of amides is 3. The number of carbonyl (C=O) groups is 4. The maximum atomic E-state index is 11.7. The lowest BCUT2D eigenvalue weighted by molar-refractivity contribution is -0.145. The van der Waals surface area contributed by atoms with Crippen molar-refractivity contribution in [1.82, 2.24) is 15.5 Å². The van der Waals surface area contributed by atoms with Gasteiger partial charge in [-0.25, -0.2) is 9.59 Å². The molecule has 0 aliphatic carbocycles. The molecule has 120 valence electrons. The van der Waals surface area contributed by atoms with Crippen molar-refractivity contribution in [2.45, 2.75) is 26.3 Å². The fourth-order valence-electron chi connectivity index (χ4n) is 1.30. The number of carbonyl (C=O) groups excluding carboxylic acids is 2. The van der Waals surface area contributed by atoms with Gasteiger partial charge in [0.05, 0.1) is 6.42 Å². The summed E-state index contributed by atoms with van der Waals surface area (Å²) in [5.74, 6) is -2.92. The number of nitrogens with zero attached hydrogens (tertiary/aromatic N) is 1. The van der Waals surface area contributed by atoms with Crippen LogP contribution in [-0.4, -0.2) is 65.2 Å². The molecule has 0 aromatic rings. The van der Waals surface area contributed by atoms with Gasteiger partial charge < -0.3 is 25.7 Å². The zero-order valence-electron chi connectivity index (χ0n) is 12.3. The third-order valence-electron chi connectivity index (χ3n) is 2.41. The Kier molecular flexibility index (Phi) is 7.80. The second kappa shape index (κ2) is 8.77. The topological polar surface area (TPSA) is 136 Å². The number of likely N-dealkylation sites (N-methyl/N-ethyl adjacent to an activating group) is 1. The summed E-state index contributed by atoms with van der Waals surface area (Å²) in [6.07, 6.45) is -0.742. The van der Waals surface area contributed by atoms with E-state index in [1.165, 1.54) is 7.05 Å². The number of carboxylic acids is 2. The molecule has 0 bridgehead atoms. The molecule has 3 amide bonds. The van der Waals surface area contributed by atoms with E-state index in [9.17, 15) is 19.2 Å². The van der Waals surface area contributed by atoms with Gasteiger partial charge in [0, 0.05) is 13.6 Å². The average Bonchev–Trinajstić information content (AvgIpc) is 2.34. The van der Waals surface area contributed by atoms with Crippen LogP contribution < -0.4 is 10.6 Å². The van der Waals surface area contributed by atoms with Crippen LogP contribution in [0.4, 0.5) is 4.79 Å². The molecule has 0 unspecified atom stereocenters. The highest BCUT2D eigenvalue weighted by Gasteiger charge is 2.25. The summed E-state index contributed by atoms with van der Waals surface area (Å²) >= 11 is 0. The van der Waals surface area contributed by atoms with Crippen LogP contribution in [0.5, 0.6) is 0 Å². The zero-order valence-corrected chi connectivity index (χ0v) is 12.3. The van der Waals surface area contributed by atoms with Crippen molar-refractivity contribution >= 4 is 23.9 Å². The van der Waals surface area contributed by atoms with Crippen molar-refractivity contribution in [1.29, 1.82) is 0 Å². The zero-order chi connectivity index (χ0) is 16.6. The Morgan fingerprint density at radius 2 is 1.71 bits per heavy atom. The van der Waals surface area contributed by atoms with E-state index in [4.69, 9.17) is 10.2 Å². The highest BCUT2D eigenvalue weighted by molar-refractivity contribution is 5.88. The maximum Gasteiger partial charge on any atom is 0.326 e. The van der Waals surface area contributed by atoms with Crippen LogP contribution in [0, 0.1) is 5.92 Å². The van der Waals surface area contributed by atoms with Gasteiger partial charge in [-0.3, -0.25) is 9.59 Å². The standard InChI is InChI=1S/C12H21N3O6/c1-7(2)5-13-9(16)6-15(3)12(21)14-8(11(19)20)4-10(17)18/h7-8H,4-6H2,1-3H3,(H,13,16)(H,14,21)(H,17,18)(H,19,20)/t8-/m0/s1. The predicted molar refractivity (Wildman–Crippen MR) is 72.7 cm³/mol.